The Morgan fingerprint density at radius 2 is 1.05 bits per heavy atom. The van der Waals surface area contributed by atoms with Crippen molar-refractivity contribution in [3.8, 4) is 0 Å². The highest BCUT2D eigenvalue weighted by atomic mass is 32.2. The molecule has 0 aromatic carbocycles. The van der Waals surface area contributed by atoms with Crippen molar-refractivity contribution in [2.24, 2.45) is 0 Å². The summed E-state index contributed by atoms with van der Waals surface area (Å²) in [5.74, 6) is -27.9. The van der Waals surface area contributed by atoms with Gasteiger partial charge in [0.25, 0.3) is 0 Å². The predicted octanol–water partition coefficient (Wildman–Crippen LogP) is 2.50. The van der Waals surface area contributed by atoms with Crippen LogP contribution in [0.1, 0.15) is 0 Å². The van der Waals surface area contributed by atoms with E-state index in [0.29, 0.717) is 0 Å². The third kappa shape index (κ3) is 2.72. The lowest BCUT2D eigenvalue weighted by atomic mass is 10.0. The van der Waals surface area contributed by atoms with Gasteiger partial charge in [0.1, 0.15) is 0 Å². The molecule has 0 saturated carbocycles. The molecule has 0 aromatic heterocycles. The van der Waals surface area contributed by atoms with E-state index in [1.807, 2.05) is 0 Å². The lowest BCUT2D eigenvalue weighted by molar-refractivity contribution is -0.343. The van der Waals surface area contributed by atoms with Gasteiger partial charge < -0.3 is 0 Å². The molecule has 22 heavy (non-hydrogen) atoms. The summed E-state index contributed by atoms with van der Waals surface area (Å²) < 4.78 is 163. The summed E-state index contributed by atoms with van der Waals surface area (Å²) in [6.45, 7) is 0. The molecule has 0 fully saturated rings. The Labute approximate surface area is 112 Å². The molecule has 0 amide bonds. The van der Waals surface area contributed by atoms with Gasteiger partial charge in [-0.2, -0.15) is 56.7 Å². The molecule has 1 N–H and O–H groups in total. The van der Waals surface area contributed by atoms with Crippen LogP contribution in [0.15, 0.2) is 0 Å². The second-order valence-electron chi connectivity index (χ2n) is 3.54. The van der Waals surface area contributed by atoms with E-state index < -0.39 is 45.1 Å². The Kier molecular flexibility index (Phi) is 4.64. The van der Waals surface area contributed by atoms with Crippen LogP contribution in [-0.4, -0.2) is 48.0 Å². The molecule has 0 aromatic rings. The highest BCUT2D eigenvalue weighted by Crippen LogP contribution is 2.55. The smallest absolute Gasteiger partial charge is 0.282 e. The third-order valence-corrected chi connectivity index (χ3v) is 2.93. The molecule has 0 rings (SSSR count). The number of hydrogen-bond acceptors (Lipinski definition) is 3. The first-order valence-electron chi connectivity index (χ1n) is 4.25. The van der Waals surface area contributed by atoms with Crippen molar-refractivity contribution in [2.45, 2.75) is 29.2 Å². The van der Waals surface area contributed by atoms with Gasteiger partial charge in [0.2, 0.25) is 0 Å². The maximum absolute atomic E-state index is 12.7. The van der Waals surface area contributed by atoms with Crippen molar-refractivity contribution < 1.29 is 66.1 Å². The summed E-state index contributed by atoms with van der Waals surface area (Å²) in [4.78, 5) is 10.0. The van der Waals surface area contributed by atoms with Crippen LogP contribution in [0.25, 0.3) is 0 Å². The second kappa shape index (κ2) is 4.90. The van der Waals surface area contributed by atoms with Gasteiger partial charge in [-0.3, -0.25) is 9.35 Å². The summed E-state index contributed by atoms with van der Waals surface area (Å²) in [6, 6.07) is 0. The van der Waals surface area contributed by atoms with E-state index in [1.165, 1.54) is 0 Å². The summed E-state index contributed by atoms with van der Waals surface area (Å²) in [5, 5.41) is -7.32. The normalized spacial score (nSPS) is 15.8. The molecule has 0 radical (unpaired) electrons. The fraction of sp³-hybridized carbons (Fsp3) is 0.833. The molecule has 0 unspecified atom stereocenters. The van der Waals surface area contributed by atoms with Crippen LogP contribution < -0.4 is 0 Å². The van der Waals surface area contributed by atoms with Crippen LogP contribution in [-0.2, 0) is 14.9 Å². The average Bonchev–Trinajstić information content (AvgIpc) is 2.24. The number of carbonyl (C=O) groups excluding carboxylic acids is 1. The van der Waals surface area contributed by atoms with Crippen LogP contribution in [0.5, 0.6) is 0 Å². The van der Waals surface area contributed by atoms with Crippen molar-refractivity contribution in [2.75, 3.05) is 0 Å². The van der Waals surface area contributed by atoms with Crippen molar-refractivity contribution in [1.29, 1.82) is 0 Å². The van der Waals surface area contributed by atoms with Gasteiger partial charge in [-0.05, 0) is 0 Å². The van der Waals surface area contributed by atoms with E-state index >= 15 is 0 Å². The third-order valence-electron chi connectivity index (χ3n) is 2.02. The Balaban J connectivity index is 6.30. The summed E-state index contributed by atoms with van der Waals surface area (Å²) in [5.41, 5.74) is 0. The van der Waals surface area contributed by atoms with Crippen molar-refractivity contribution in [3.63, 3.8) is 0 Å². The first-order chi connectivity index (χ1) is 9.15. The number of hydrogen-bond donors (Lipinski definition) is 1. The minimum Gasteiger partial charge on any atom is -0.282 e. The number of rotatable bonds is 5. The quantitative estimate of drug-likeness (QED) is 0.590. The molecule has 132 valence electrons. The zero-order valence-electron chi connectivity index (χ0n) is 9.24. The lowest BCUT2D eigenvalue weighted by Crippen LogP contribution is -2.67. The number of alkyl halides is 11. The van der Waals surface area contributed by atoms with E-state index in [-0.39, 0.29) is 0 Å². The fourth-order valence-corrected chi connectivity index (χ4v) is 1.31. The minimum absolute atomic E-state index is 4.82. The first-order valence-corrected chi connectivity index (χ1v) is 5.69. The van der Waals surface area contributed by atoms with E-state index in [1.54, 1.807) is 0 Å². The Morgan fingerprint density at radius 1 is 0.727 bits per heavy atom. The molecule has 0 aliphatic rings. The molecule has 0 spiro atoms. The molecule has 0 saturated heterocycles. The van der Waals surface area contributed by atoms with Crippen LogP contribution in [0.3, 0.4) is 0 Å². The van der Waals surface area contributed by atoms with Gasteiger partial charge in [0.15, 0.2) is 0 Å². The van der Waals surface area contributed by atoms with Crippen molar-refractivity contribution >= 4 is 15.9 Å². The monoisotopic (exact) mass is 378 g/mol. The highest BCUT2D eigenvalue weighted by Gasteiger charge is 2.87. The molecule has 16 heteroatoms. The number of halogens is 11. The number of Topliss-reactive ketones (excluding diaryl/α,β-unsaturated/α-hetero) is 1. The van der Waals surface area contributed by atoms with Gasteiger partial charge in [0, 0.05) is 0 Å². The van der Waals surface area contributed by atoms with Gasteiger partial charge >= 0.3 is 45.1 Å². The van der Waals surface area contributed by atoms with E-state index in [4.69, 9.17) is 4.55 Å². The van der Waals surface area contributed by atoms with Gasteiger partial charge in [-0.1, -0.05) is 0 Å². The van der Waals surface area contributed by atoms with Crippen molar-refractivity contribution in [1.82, 2.24) is 0 Å². The average molecular weight is 378 g/mol. The van der Waals surface area contributed by atoms with E-state index in [0.717, 1.165) is 0 Å². The van der Waals surface area contributed by atoms with Crippen LogP contribution >= 0.6 is 0 Å². The van der Waals surface area contributed by atoms with Crippen LogP contribution in [0, 0.1) is 0 Å². The van der Waals surface area contributed by atoms with Crippen LogP contribution in [0.4, 0.5) is 48.3 Å². The van der Waals surface area contributed by atoms with Crippen LogP contribution in [0.2, 0.25) is 0 Å². The molecule has 0 aliphatic carbocycles. The maximum Gasteiger partial charge on any atom is 0.456 e. The minimum atomic E-state index is -7.81. The standard InChI is InChI=1S/C6HF11O4S/c7-2(8,1(18)3(9,10)11)4(12,13)5(14,15)6(16,17)22(19,20)21/h(H,19,20,21). The first kappa shape index (κ1) is 20.8. The van der Waals surface area contributed by atoms with Crippen molar-refractivity contribution in [3.05, 3.63) is 0 Å². The maximum atomic E-state index is 12.7. The molecule has 0 heterocycles. The lowest BCUT2D eigenvalue weighted by Gasteiger charge is -2.34. The molecular formula is C6HF11O4S. The molecule has 0 bridgehead atoms. The zero-order valence-corrected chi connectivity index (χ0v) is 10.1. The second-order valence-corrected chi connectivity index (χ2v) is 5.00. The molecular weight excluding hydrogens is 377 g/mol. The molecule has 4 nitrogen and oxygen atoms in total. The van der Waals surface area contributed by atoms with Gasteiger partial charge in [-0.25, -0.2) is 0 Å². The van der Waals surface area contributed by atoms with Gasteiger partial charge in [0.05, 0.1) is 0 Å². The summed E-state index contributed by atoms with van der Waals surface area (Å²) >= 11 is 0. The Bertz CT molecular complexity index is 560. The summed E-state index contributed by atoms with van der Waals surface area (Å²) in [6.07, 6.45) is -6.84. The van der Waals surface area contributed by atoms with E-state index in [9.17, 15) is 61.5 Å². The Morgan fingerprint density at radius 3 is 1.27 bits per heavy atom. The fourth-order valence-electron chi connectivity index (χ4n) is 0.863. The number of carbonyl (C=O) groups is 1. The van der Waals surface area contributed by atoms with Gasteiger partial charge in [-0.15, -0.1) is 0 Å². The molecule has 0 atom stereocenters. The zero-order chi connectivity index (χ0) is 18.6. The predicted molar refractivity (Wildman–Crippen MR) is 42.4 cm³/mol. The SMILES string of the molecule is O=C(C(F)(F)F)C(F)(F)C(F)(F)C(F)(F)C(F)(F)S(=O)(=O)O. The largest absolute Gasteiger partial charge is 0.456 e. The Hall–Kier alpha value is -1.19. The summed E-state index contributed by atoms with van der Waals surface area (Å²) in [7, 11) is -7.45. The topological polar surface area (TPSA) is 71.4 Å². The highest BCUT2D eigenvalue weighted by molar-refractivity contribution is 7.87. The number of ketones is 1. The van der Waals surface area contributed by atoms with E-state index in [2.05, 4.69) is 0 Å². The molecule has 0 aliphatic heterocycles.